The van der Waals surface area contributed by atoms with Crippen molar-refractivity contribution in [3.63, 3.8) is 0 Å². The number of alkyl halides is 3. The van der Waals surface area contributed by atoms with Crippen molar-refractivity contribution in [1.82, 2.24) is 0 Å². The average molecular weight is 326 g/mol. The normalized spacial score (nSPS) is 19.3. The van der Waals surface area contributed by atoms with Crippen molar-refractivity contribution >= 4 is 17.3 Å². The van der Waals surface area contributed by atoms with Gasteiger partial charge in [0.05, 0.1) is 16.9 Å². The monoisotopic (exact) mass is 326 g/mol. The van der Waals surface area contributed by atoms with Gasteiger partial charge in [-0.05, 0) is 50.3 Å². The second-order valence-electron chi connectivity index (χ2n) is 6.39. The summed E-state index contributed by atoms with van der Waals surface area (Å²) in [5, 5.41) is 2.74. The number of hydrogen-bond acceptors (Lipinski definition) is 2. The molecule has 3 nitrogen and oxygen atoms in total. The van der Waals surface area contributed by atoms with E-state index in [4.69, 9.17) is 0 Å². The fourth-order valence-electron chi connectivity index (χ4n) is 3.13. The molecule has 1 aromatic carbocycles. The van der Waals surface area contributed by atoms with Crippen LogP contribution in [0.1, 0.15) is 44.1 Å². The van der Waals surface area contributed by atoms with Gasteiger partial charge in [0.25, 0.3) is 0 Å². The summed E-state index contributed by atoms with van der Waals surface area (Å²) in [5.74, 6) is -0.215. The molecule has 1 aromatic rings. The van der Waals surface area contributed by atoms with E-state index in [1.807, 2.05) is 0 Å². The molecule has 2 aliphatic rings. The number of hydrogen-bond donors (Lipinski definition) is 1. The summed E-state index contributed by atoms with van der Waals surface area (Å²) in [6.07, 6.45) is 1.44. The van der Waals surface area contributed by atoms with Crippen molar-refractivity contribution in [1.29, 1.82) is 0 Å². The summed E-state index contributed by atoms with van der Waals surface area (Å²) in [7, 11) is 0. The zero-order chi connectivity index (χ0) is 16.4. The number of anilines is 2. The first-order valence-electron chi connectivity index (χ1n) is 8.22. The quantitative estimate of drug-likeness (QED) is 0.891. The predicted octanol–water partition coefficient (Wildman–Crippen LogP) is 4.43. The number of benzene rings is 1. The Bertz CT molecular complexity index is 576. The van der Waals surface area contributed by atoms with Gasteiger partial charge in [-0.25, -0.2) is 0 Å². The lowest BCUT2D eigenvalue weighted by atomic mass is 9.85. The van der Waals surface area contributed by atoms with Crippen LogP contribution >= 0.6 is 0 Å². The largest absolute Gasteiger partial charge is 0.416 e. The molecule has 1 saturated carbocycles. The molecule has 1 amide bonds. The predicted molar refractivity (Wildman–Crippen MR) is 83.5 cm³/mol. The molecule has 2 fully saturated rings. The van der Waals surface area contributed by atoms with E-state index in [9.17, 15) is 18.0 Å². The molecule has 1 aliphatic carbocycles. The number of carbonyl (C=O) groups excluding carboxylic acids is 1. The minimum atomic E-state index is -4.41. The smallest absolute Gasteiger partial charge is 0.370 e. The number of carbonyl (C=O) groups is 1. The number of rotatable bonds is 3. The van der Waals surface area contributed by atoms with Gasteiger partial charge in [0.2, 0.25) is 5.91 Å². The van der Waals surface area contributed by atoms with Crippen LogP contribution in [-0.2, 0) is 11.0 Å². The highest BCUT2D eigenvalue weighted by Gasteiger charge is 2.32. The first-order chi connectivity index (χ1) is 10.9. The van der Waals surface area contributed by atoms with Gasteiger partial charge in [-0.3, -0.25) is 4.79 Å². The number of halogens is 3. The Morgan fingerprint density at radius 3 is 2.35 bits per heavy atom. The van der Waals surface area contributed by atoms with Crippen molar-refractivity contribution in [2.75, 3.05) is 23.3 Å². The molecule has 0 spiro atoms. The Morgan fingerprint density at radius 1 is 1.09 bits per heavy atom. The van der Waals surface area contributed by atoms with Crippen LogP contribution in [0, 0.1) is 5.92 Å². The Morgan fingerprint density at radius 2 is 1.78 bits per heavy atom. The maximum absolute atomic E-state index is 13.0. The third kappa shape index (κ3) is 3.62. The Kier molecular flexibility index (Phi) is 4.50. The average Bonchev–Trinajstić information content (AvgIpc) is 2.45. The topological polar surface area (TPSA) is 32.3 Å². The van der Waals surface area contributed by atoms with Crippen LogP contribution in [-0.4, -0.2) is 19.0 Å². The Labute approximate surface area is 133 Å². The molecule has 23 heavy (non-hydrogen) atoms. The highest BCUT2D eigenvalue weighted by molar-refractivity contribution is 5.96. The Balaban J connectivity index is 1.88. The zero-order valence-electron chi connectivity index (χ0n) is 13.0. The molecule has 0 aromatic heterocycles. The van der Waals surface area contributed by atoms with Gasteiger partial charge in [-0.15, -0.1) is 0 Å². The van der Waals surface area contributed by atoms with Gasteiger partial charge < -0.3 is 10.2 Å². The summed E-state index contributed by atoms with van der Waals surface area (Å²) in [6, 6.07) is 3.66. The van der Waals surface area contributed by atoms with E-state index in [1.165, 1.54) is 6.07 Å². The van der Waals surface area contributed by atoms with Gasteiger partial charge in [0, 0.05) is 19.0 Å². The maximum Gasteiger partial charge on any atom is 0.416 e. The standard InChI is InChI=1S/C17H21F3N2O/c18-17(19,20)13-7-8-15(22-9-2-1-3-10-22)14(11-13)21-16(23)12-5-4-6-12/h7-8,11-12H,1-6,9-10H2,(H,21,23). The van der Waals surface area contributed by atoms with Crippen molar-refractivity contribution in [3.8, 4) is 0 Å². The molecule has 126 valence electrons. The summed E-state index contributed by atoms with van der Waals surface area (Å²) in [6.45, 7) is 1.63. The fraction of sp³-hybridized carbons (Fsp3) is 0.588. The number of amides is 1. The second kappa shape index (κ2) is 6.42. The van der Waals surface area contributed by atoms with Crippen molar-refractivity contribution in [3.05, 3.63) is 23.8 Å². The summed E-state index contributed by atoms with van der Waals surface area (Å²) >= 11 is 0. The van der Waals surface area contributed by atoms with E-state index in [1.54, 1.807) is 0 Å². The zero-order valence-corrected chi connectivity index (χ0v) is 13.0. The lowest BCUT2D eigenvalue weighted by molar-refractivity contribution is -0.137. The Hall–Kier alpha value is -1.72. The lowest BCUT2D eigenvalue weighted by Gasteiger charge is -2.32. The van der Waals surface area contributed by atoms with E-state index in [0.29, 0.717) is 11.4 Å². The molecule has 1 saturated heterocycles. The molecule has 0 bridgehead atoms. The lowest BCUT2D eigenvalue weighted by Crippen LogP contribution is -2.32. The third-order valence-electron chi connectivity index (χ3n) is 4.75. The van der Waals surface area contributed by atoms with E-state index in [-0.39, 0.29) is 11.8 Å². The van der Waals surface area contributed by atoms with Gasteiger partial charge in [0.1, 0.15) is 0 Å². The molecule has 1 heterocycles. The molecule has 1 N–H and O–H groups in total. The van der Waals surface area contributed by atoms with E-state index in [0.717, 1.165) is 63.7 Å². The number of nitrogens with zero attached hydrogens (tertiary/aromatic N) is 1. The number of piperidine rings is 1. The van der Waals surface area contributed by atoms with Gasteiger partial charge >= 0.3 is 6.18 Å². The highest BCUT2D eigenvalue weighted by atomic mass is 19.4. The maximum atomic E-state index is 13.0. The van der Waals surface area contributed by atoms with E-state index < -0.39 is 11.7 Å². The highest BCUT2D eigenvalue weighted by Crippen LogP contribution is 2.37. The van der Waals surface area contributed by atoms with Crippen LogP contribution in [0.3, 0.4) is 0 Å². The van der Waals surface area contributed by atoms with Crippen LogP contribution in [0.4, 0.5) is 24.5 Å². The van der Waals surface area contributed by atoms with Crippen molar-refractivity contribution in [2.45, 2.75) is 44.7 Å². The van der Waals surface area contributed by atoms with E-state index in [2.05, 4.69) is 10.2 Å². The molecular formula is C17H21F3N2O. The van der Waals surface area contributed by atoms with Crippen LogP contribution in [0.25, 0.3) is 0 Å². The molecule has 0 atom stereocenters. The third-order valence-corrected chi connectivity index (χ3v) is 4.75. The van der Waals surface area contributed by atoms with Gasteiger partial charge in [-0.2, -0.15) is 13.2 Å². The fourth-order valence-corrected chi connectivity index (χ4v) is 3.13. The SMILES string of the molecule is O=C(Nc1cc(C(F)(F)F)ccc1N1CCCCC1)C1CCC1. The first-order valence-corrected chi connectivity index (χ1v) is 8.22. The minimum Gasteiger partial charge on any atom is -0.370 e. The molecule has 3 rings (SSSR count). The molecule has 1 aliphatic heterocycles. The number of nitrogens with one attached hydrogen (secondary N) is 1. The minimum absolute atomic E-state index is 0.0567. The molecular weight excluding hydrogens is 305 g/mol. The molecule has 6 heteroatoms. The summed E-state index contributed by atoms with van der Waals surface area (Å²) in [4.78, 5) is 14.2. The summed E-state index contributed by atoms with van der Waals surface area (Å²) in [5.41, 5.74) is 0.270. The van der Waals surface area contributed by atoms with Crippen LogP contribution in [0.5, 0.6) is 0 Å². The first kappa shape index (κ1) is 16.1. The van der Waals surface area contributed by atoms with Crippen molar-refractivity contribution in [2.24, 2.45) is 5.92 Å². The van der Waals surface area contributed by atoms with Crippen LogP contribution < -0.4 is 10.2 Å². The van der Waals surface area contributed by atoms with E-state index >= 15 is 0 Å². The van der Waals surface area contributed by atoms with Crippen molar-refractivity contribution < 1.29 is 18.0 Å². The van der Waals surface area contributed by atoms with Crippen LogP contribution in [0.15, 0.2) is 18.2 Å². The second-order valence-corrected chi connectivity index (χ2v) is 6.39. The van der Waals surface area contributed by atoms with Gasteiger partial charge in [0.15, 0.2) is 0 Å². The molecule has 0 unspecified atom stereocenters. The van der Waals surface area contributed by atoms with Gasteiger partial charge in [-0.1, -0.05) is 6.42 Å². The molecule has 0 radical (unpaired) electrons. The summed E-state index contributed by atoms with van der Waals surface area (Å²) < 4.78 is 39.0. The van der Waals surface area contributed by atoms with Crippen LogP contribution in [0.2, 0.25) is 0 Å².